The summed E-state index contributed by atoms with van der Waals surface area (Å²) >= 11 is 0.272. The highest BCUT2D eigenvalue weighted by Crippen LogP contribution is 2.29. The summed E-state index contributed by atoms with van der Waals surface area (Å²) in [6.07, 6.45) is -1.16. The van der Waals surface area contributed by atoms with Gasteiger partial charge in [-0.3, -0.25) is 15.1 Å². The number of pyridine rings is 1. The van der Waals surface area contributed by atoms with Gasteiger partial charge in [0.25, 0.3) is 5.69 Å². The van der Waals surface area contributed by atoms with Crippen molar-refractivity contribution in [2.45, 2.75) is 24.6 Å². The Morgan fingerprint density at radius 3 is 3.21 bits per heavy atom. The van der Waals surface area contributed by atoms with Crippen LogP contribution in [0.15, 0.2) is 29.5 Å². The highest BCUT2D eigenvalue weighted by molar-refractivity contribution is 7.98. The molecule has 1 N–H and O–H groups in total. The van der Waals surface area contributed by atoms with Crippen LogP contribution in [0.4, 0.5) is 5.69 Å². The van der Waals surface area contributed by atoms with Gasteiger partial charge in [0.1, 0.15) is 5.75 Å². The molecule has 8 heteroatoms. The van der Waals surface area contributed by atoms with Crippen LogP contribution in [0, 0.1) is 23.8 Å². The van der Waals surface area contributed by atoms with Crippen LogP contribution in [0.1, 0.15) is 33.3 Å². The minimum atomic E-state index is -3.36. The molecule has 24 heavy (non-hydrogen) atoms. The minimum absolute atomic E-state index is 0.0354. The smallest absolute Gasteiger partial charge is 0.278 e. The number of thioether (sulfide) groups is 1. The van der Waals surface area contributed by atoms with Crippen molar-refractivity contribution in [2.75, 3.05) is 7.04 Å². The van der Waals surface area contributed by atoms with Crippen LogP contribution in [-0.2, 0) is 5.70 Å². The summed E-state index contributed by atoms with van der Waals surface area (Å²) in [5.41, 5.74) is -7.24. The lowest BCUT2D eigenvalue weighted by atomic mass is 10.1. The SMILES string of the molecule is [2H]c1nc(C([2H])([2H])Sc2nc3ccc(OC([2H])([2H])[2H])cc3[nH]2)c(C([2H])([2H])[2H])c([N+](=O)[O-])c1C([2H])([2H])[2H]. The molecule has 1 aromatic carbocycles. The van der Waals surface area contributed by atoms with Gasteiger partial charge >= 0.3 is 0 Å². The first-order chi connectivity index (χ1) is 16.2. The maximum absolute atomic E-state index is 11.8. The number of hydrogen-bond acceptors (Lipinski definition) is 6. The highest BCUT2D eigenvalue weighted by Gasteiger charge is 2.19. The van der Waals surface area contributed by atoms with Crippen LogP contribution in [0.25, 0.3) is 11.0 Å². The standard InChI is InChI=1S/C16H16N4O3S/c1-9-7-17-14(10(2)15(9)20(21)22)8-24-16-18-12-5-4-11(23-3)6-13(12)19-16/h4-7H,8H2,1-3H3,(H,18,19)/i1D3,2D3,3D3,7D,8D2. The van der Waals surface area contributed by atoms with Gasteiger partial charge in [0.2, 0.25) is 0 Å². The average molecular weight is 356 g/mol. The van der Waals surface area contributed by atoms with Gasteiger partial charge in [-0.15, -0.1) is 0 Å². The van der Waals surface area contributed by atoms with Gasteiger partial charge in [-0.2, -0.15) is 0 Å². The van der Waals surface area contributed by atoms with E-state index in [9.17, 15) is 10.1 Å². The highest BCUT2D eigenvalue weighted by atomic mass is 32.2. The normalized spacial score (nSPS) is 20.5. The molecule has 0 aliphatic carbocycles. The number of fused-ring (bicyclic) bond motifs is 1. The number of H-pyrrole nitrogens is 1. The lowest BCUT2D eigenvalue weighted by Crippen LogP contribution is -2.01. The molecule has 0 aliphatic rings. The summed E-state index contributed by atoms with van der Waals surface area (Å²) in [5, 5.41) is 11.6. The molecule has 0 unspecified atom stereocenters. The predicted molar refractivity (Wildman–Crippen MR) is 92.6 cm³/mol. The summed E-state index contributed by atoms with van der Waals surface area (Å²) in [4.78, 5) is 20.9. The van der Waals surface area contributed by atoms with Crippen LogP contribution in [-0.4, -0.2) is 26.9 Å². The summed E-state index contributed by atoms with van der Waals surface area (Å²) in [5.74, 6) is -0.0354. The second kappa shape index (κ2) is 6.48. The molecular formula is C16H16N4O3S. The molecule has 0 atom stereocenters. The molecule has 0 bridgehead atoms. The Labute approximate surface area is 159 Å². The summed E-state index contributed by atoms with van der Waals surface area (Å²) in [7, 11) is -2.72. The molecule has 2 aromatic heterocycles. The number of nitrogens with zero attached hydrogens (tertiary/aromatic N) is 3. The molecule has 0 spiro atoms. The zero-order chi connectivity index (χ0) is 27.4. The van der Waals surface area contributed by atoms with Crippen molar-refractivity contribution in [2.24, 2.45) is 0 Å². The average Bonchev–Trinajstić information content (AvgIpc) is 3.04. The Morgan fingerprint density at radius 2 is 2.46 bits per heavy atom. The maximum Gasteiger partial charge on any atom is 0.278 e. The van der Waals surface area contributed by atoms with E-state index >= 15 is 0 Å². The van der Waals surface area contributed by atoms with Gasteiger partial charge in [-0.1, -0.05) is 11.8 Å². The Kier molecular flexibility index (Phi) is 1.92. The molecule has 0 saturated heterocycles. The van der Waals surface area contributed by atoms with Crippen LogP contribution in [0.5, 0.6) is 5.75 Å². The topological polar surface area (TPSA) is 93.9 Å². The molecule has 7 nitrogen and oxygen atoms in total. The van der Waals surface area contributed by atoms with E-state index in [-0.39, 0.29) is 33.7 Å². The van der Waals surface area contributed by atoms with Crippen molar-refractivity contribution in [3.63, 3.8) is 0 Å². The fraction of sp³-hybridized carbons (Fsp3) is 0.250. The number of methoxy groups -OCH3 is 1. The number of nitrogens with one attached hydrogen (secondary N) is 1. The minimum Gasteiger partial charge on any atom is -0.497 e. The number of imidazole rings is 1. The fourth-order valence-electron chi connectivity index (χ4n) is 1.89. The van der Waals surface area contributed by atoms with Crippen molar-refractivity contribution >= 4 is 28.5 Å². The van der Waals surface area contributed by atoms with Gasteiger partial charge in [0, 0.05) is 40.0 Å². The first-order valence-electron chi connectivity index (χ1n) is 12.3. The Hall–Kier alpha value is -2.61. The van der Waals surface area contributed by atoms with Crippen molar-refractivity contribution in [3.05, 3.63) is 51.3 Å². The third-order valence-electron chi connectivity index (χ3n) is 2.97. The molecule has 2 heterocycles. The summed E-state index contributed by atoms with van der Waals surface area (Å²) in [6.45, 7) is -6.63. The molecule has 0 aliphatic heterocycles. The number of rotatable bonds is 5. The molecule has 3 rings (SSSR count). The zero-order valence-corrected chi connectivity index (χ0v) is 12.5. The van der Waals surface area contributed by atoms with Crippen LogP contribution >= 0.6 is 11.8 Å². The lowest BCUT2D eigenvalue weighted by molar-refractivity contribution is -0.386. The second-order valence-electron chi connectivity index (χ2n) is 4.46. The number of aromatic nitrogens is 3. The first-order valence-corrected chi connectivity index (χ1v) is 7.10. The fourth-order valence-corrected chi connectivity index (χ4v) is 2.53. The van der Waals surface area contributed by atoms with Gasteiger partial charge in [-0.05, 0) is 25.8 Å². The van der Waals surface area contributed by atoms with E-state index in [1.165, 1.54) is 18.2 Å². The van der Waals surface area contributed by atoms with Crippen molar-refractivity contribution < 1.29 is 26.1 Å². The number of hydrogen-bond donors (Lipinski definition) is 1. The van der Waals surface area contributed by atoms with E-state index in [2.05, 4.69) is 15.0 Å². The van der Waals surface area contributed by atoms with Gasteiger partial charge < -0.3 is 9.72 Å². The number of aromatic amines is 1. The Morgan fingerprint density at radius 1 is 1.54 bits per heavy atom. The number of nitro groups is 1. The quantitative estimate of drug-likeness (QED) is 0.425. The van der Waals surface area contributed by atoms with Crippen molar-refractivity contribution in [1.82, 2.24) is 15.0 Å². The number of ether oxygens (including phenoxy) is 1. The lowest BCUT2D eigenvalue weighted by Gasteiger charge is -2.06. The summed E-state index contributed by atoms with van der Waals surface area (Å²) in [6, 6.07) is 3.99. The molecule has 124 valence electrons. The van der Waals surface area contributed by atoms with Crippen molar-refractivity contribution in [3.8, 4) is 5.75 Å². The largest absolute Gasteiger partial charge is 0.497 e. The Bertz CT molecular complexity index is 1330. The molecule has 0 radical (unpaired) electrons. The van der Waals surface area contributed by atoms with E-state index in [0.717, 1.165) is 0 Å². The molecular weight excluding hydrogens is 328 g/mol. The van der Waals surface area contributed by atoms with Gasteiger partial charge in [0.15, 0.2) is 5.16 Å². The van der Waals surface area contributed by atoms with Crippen LogP contribution in [0.2, 0.25) is 0 Å². The maximum atomic E-state index is 11.8. The third-order valence-corrected chi connectivity index (χ3v) is 3.65. The molecule has 3 aromatic rings. The second-order valence-corrected chi connectivity index (χ2v) is 5.25. The molecule has 0 fully saturated rings. The third kappa shape index (κ3) is 3.05. The van der Waals surface area contributed by atoms with Crippen LogP contribution in [0.3, 0.4) is 0 Å². The predicted octanol–water partition coefficient (Wildman–Crippen LogP) is 3.78. The van der Waals surface area contributed by atoms with E-state index in [1.807, 2.05) is 0 Å². The van der Waals surface area contributed by atoms with E-state index < -0.39 is 60.1 Å². The molecule has 0 amide bonds. The van der Waals surface area contributed by atoms with E-state index in [4.69, 9.17) is 21.2 Å². The van der Waals surface area contributed by atoms with Crippen LogP contribution < -0.4 is 4.74 Å². The van der Waals surface area contributed by atoms with Crippen molar-refractivity contribution in [1.29, 1.82) is 0 Å². The van der Waals surface area contributed by atoms with E-state index in [1.54, 1.807) is 0 Å². The monoisotopic (exact) mass is 356 g/mol. The Balaban J connectivity index is 2.15. The number of benzene rings is 1. The van der Waals surface area contributed by atoms with Gasteiger partial charge in [-0.25, -0.2) is 4.98 Å². The van der Waals surface area contributed by atoms with E-state index in [0.29, 0.717) is 0 Å². The zero-order valence-electron chi connectivity index (χ0n) is 23.7. The summed E-state index contributed by atoms with van der Waals surface area (Å²) < 4.78 is 96.9. The first kappa shape index (κ1) is 7.10. The van der Waals surface area contributed by atoms with Gasteiger partial charge in [0.05, 0.1) is 34.2 Å². The molecule has 0 saturated carbocycles.